The summed E-state index contributed by atoms with van der Waals surface area (Å²) in [5.74, 6) is 0.479. The number of rotatable bonds is 3. The monoisotopic (exact) mass is 355 g/mol. The molecule has 3 rings (SSSR count). The number of benzene rings is 1. The molecule has 0 saturated carbocycles. The van der Waals surface area contributed by atoms with Crippen molar-refractivity contribution in [1.29, 1.82) is 0 Å². The molecule has 2 heterocycles. The third-order valence-electron chi connectivity index (χ3n) is 4.24. The van der Waals surface area contributed by atoms with E-state index in [1.807, 2.05) is 0 Å². The highest BCUT2D eigenvalue weighted by molar-refractivity contribution is 7.89. The molecular weight excluding hydrogens is 338 g/mol. The molecule has 0 spiro atoms. The van der Waals surface area contributed by atoms with E-state index in [-0.39, 0.29) is 0 Å². The molecule has 1 aromatic heterocycles. The van der Waals surface area contributed by atoms with Crippen LogP contribution in [0.3, 0.4) is 0 Å². The van der Waals surface area contributed by atoms with Crippen LogP contribution in [0.25, 0.3) is 0 Å². The van der Waals surface area contributed by atoms with Crippen LogP contribution in [0.1, 0.15) is 29.2 Å². The van der Waals surface area contributed by atoms with Gasteiger partial charge in [-0.3, -0.25) is 0 Å². The molecule has 0 radical (unpaired) electrons. The van der Waals surface area contributed by atoms with Crippen LogP contribution < -0.4 is 0 Å². The third kappa shape index (κ3) is 2.95. The molecule has 6 heteroatoms. The zero-order valence-electron chi connectivity index (χ0n) is 12.3. The Hall–Kier alpha value is -0.880. The summed E-state index contributed by atoms with van der Waals surface area (Å²) < 4.78 is 27.2. The van der Waals surface area contributed by atoms with Crippen LogP contribution in [0.15, 0.2) is 40.6 Å². The van der Waals surface area contributed by atoms with Gasteiger partial charge in [0.25, 0.3) is 0 Å². The van der Waals surface area contributed by atoms with Crippen molar-refractivity contribution in [3.05, 3.63) is 51.2 Å². The van der Waals surface area contributed by atoms with Crippen molar-refractivity contribution in [2.24, 2.45) is 0 Å². The fourth-order valence-electron chi connectivity index (χ4n) is 2.91. The van der Waals surface area contributed by atoms with Gasteiger partial charge in [-0.1, -0.05) is 23.7 Å². The van der Waals surface area contributed by atoms with Gasteiger partial charge < -0.3 is 0 Å². The Morgan fingerprint density at radius 2 is 1.91 bits per heavy atom. The highest BCUT2D eigenvalue weighted by Gasteiger charge is 2.31. The summed E-state index contributed by atoms with van der Waals surface area (Å²) in [5, 5.41) is 2.57. The Bertz CT molecular complexity index is 748. The molecular formula is C16H18ClNO2S2. The molecule has 1 fully saturated rings. The van der Waals surface area contributed by atoms with E-state index in [1.165, 1.54) is 4.88 Å². The second-order valence-electron chi connectivity index (χ2n) is 5.56. The Labute approximate surface area is 140 Å². The molecule has 1 aliphatic rings. The predicted octanol–water partition coefficient (Wildman–Crippen LogP) is 4.28. The van der Waals surface area contributed by atoms with Gasteiger partial charge in [-0.05, 0) is 54.8 Å². The molecule has 0 atom stereocenters. The summed E-state index contributed by atoms with van der Waals surface area (Å²) in [7, 11) is -3.46. The lowest BCUT2D eigenvalue weighted by Gasteiger charge is -2.31. The maximum atomic E-state index is 12.8. The van der Waals surface area contributed by atoms with E-state index in [1.54, 1.807) is 40.8 Å². The Morgan fingerprint density at radius 1 is 1.18 bits per heavy atom. The molecule has 0 amide bonds. The minimum Gasteiger partial charge on any atom is -0.207 e. The normalized spacial score (nSPS) is 17.7. The van der Waals surface area contributed by atoms with Gasteiger partial charge in [0.05, 0.1) is 4.90 Å². The first-order chi connectivity index (χ1) is 10.5. The number of halogens is 1. The van der Waals surface area contributed by atoms with Crippen LogP contribution in [0.5, 0.6) is 0 Å². The van der Waals surface area contributed by atoms with Crippen molar-refractivity contribution in [2.75, 3.05) is 13.1 Å². The zero-order valence-corrected chi connectivity index (χ0v) is 14.7. The first-order valence-corrected chi connectivity index (χ1v) is 9.98. The molecule has 2 aromatic rings. The third-order valence-corrected chi connectivity index (χ3v) is 7.72. The average Bonchev–Trinajstić information content (AvgIpc) is 3.04. The van der Waals surface area contributed by atoms with Crippen LogP contribution in [-0.2, 0) is 10.0 Å². The lowest BCUT2D eigenvalue weighted by molar-refractivity contribution is 0.321. The second kappa shape index (κ2) is 6.32. The molecule has 1 aliphatic heterocycles. The van der Waals surface area contributed by atoms with Gasteiger partial charge in [0.15, 0.2) is 0 Å². The standard InChI is InChI=1S/C16H18ClNO2S2/c1-12-14(17)4-2-6-16(12)22(19,20)18-9-7-13(8-10-18)15-5-3-11-21-15/h2-6,11,13H,7-10H2,1H3. The van der Waals surface area contributed by atoms with Gasteiger partial charge in [0.2, 0.25) is 10.0 Å². The van der Waals surface area contributed by atoms with Crippen molar-refractivity contribution >= 4 is 33.0 Å². The van der Waals surface area contributed by atoms with Crippen molar-refractivity contribution < 1.29 is 8.42 Å². The molecule has 0 aliphatic carbocycles. The SMILES string of the molecule is Cc1c(Cl)cccc1S(=O)(=O)N1CCC(c2cccs2)CC1. The average molecular weight is 356 g/mol. The summed E-state index contributed by atoms with van der Waals surface area (Å²) in [4.78, 5) is 1.69. The number of sulfonamides is 1. The van der Waals surface area contributed by atoms with Gasteiger partial charge in [-0.25, -0.2) is 8.42 Å². The van der Waals surface area contributed by atoms with Crippen molar-refractivity contribution in [2.45, 2.75) is 30.6 Å². The maximum Gasteiger partial charge on any atom is 0.243 e. The molecule has 0 N–H and O–H groups in total. The van der Waals surface area contributed by atoms with Crippen LogP contribution >= 0.6 is 22.9 Å². The maximum absolute atomic E-state index is 12.8. The predicted molar refractivity (Wildman–Crippen MR) is 91.2 cm³/mol. The Balaban J connectivity index is 1.79. The minimum atomic E-state index is -3.46. The van der Waals surface area contributed by atoms with Crippen LogP contribution in [-0.4, -0.2) is 25.8 Å². The van der Waals surface area contributed by atoms with E-state index in [0.717, 1.165) is 12.8 Å². The van der Waals surface area contributed by atoms with E-state index in [4.69, 9.17) is 11.6 Å². The molecule has 22 heavy (non-hydrogen) atoms. The fraction of sp³-hybridized carbons (Fsp3) is 0.375. The molecule has 1 aromatic carbocycles. The number of thiophene rings is 1. The molecule has 118 valence electrons. The van der Waals surface area contributed by atoms with Gasteiger partial charge in [-0.15, -0.1) is 11.3 Å². The lowest BCUT2D eigenvalue weighted by atomic mass is 9.97. The van der Waals surface area contributed by atoms with E-state index in [2.05, 4.69) is 17.5 Å². The topological polar surface area (TPSA) is 37.4 Å². The highest BCUT2D eigenvalue weighted by atomic mass is 35.5. The van der Waals surface area contributed by atoms with Crippen LogP contribution in [0.4, 0.5) is 0 Å². The largest absolute Gasteiger partial charge is 0.243 e. The summed E-state index contributed by atoms with van der Waals surface area (Å²) in [6.45, 7) is 2.89. The van der Waals surface area contributed by atoms with E-state index in [9.17, 15) is 8.42 Å². The van der Waals surface area contributed by atoms with Crippen LogP contribution in [0.2, 0.25) is 5.02 Å². The summed E-state index contributed by atoms with van der Waals surface area (Å²) in [5.41, 5.74) is 0.629. The smallest absolute Gasteiger partial charge is 0.207 e. The Morgan fingerprint density at radius 3 is 2.55 bits per heavy atom. The summed E-state index contributed by atoms with van der Waals surface area (Å²) >= 11 is 7.82. The summed E-state index contributed by atoms with van der Waals surface area (Å²) in [6, 6.07) is 9.25. The van der Waals surface area contributed by atoms with E-state index in [0.29, 0.717) is 34.5 Å². The fourth-order valence-corrected chi connectivity index (χ4v) is 5.76. The van der Waals surface area contributed by atoms with Gasteiger partial charge >= 0.3 is 0 Å². The van der Waals surface area contributed by atoms with E-state index >= 15 is 0 Å². The zero-order chi connectivity index (χ0) is 15.7. The number of nitrogens with zero attached hydrogens (tertiary/aromatic N) is 1. The summed E-state index contributed by atoms with van der Waals surface area (Å²) in [6.07, 6.45) is 1.75. The van der Waals surface area contributed by atoms with Crippen molar-refractivity contribution in [1.82, 2.24) is 4.31 Å². The molecule has 1 saturated heterocycles. The minimum absolute atomic E-state index is 0.328. The van der Waals surface area contributed by atoms with Gasteiger partial charge in [0.1, 0.15) is 0 Å². The molecule has 0 bridgehead atoms. The highest BCUT2D eigenvalue weighted by Crippen LogP contribution is 2.34. The second-order valence-corrected chi connectivity index (χ2v) is 8.85. The van der Waals surface area contributed by atoms with Gasteiger partial charge in [0, 0.05) is 23.0 Å². The number of hydrogen-bond donors (Lipinski definition) is 0. The Kier molecular flexibility index (Phi) is 4.59. The van der Waals surface area contributed by atoms with Gasteiger partial charge in [-0.2, -0.15) is 4.31 Å². The van der Waals surface area contributed by atoms with Crippen molar-refractivity contribution in [3.63, 3.8) is 0 Å². The van der Waals surface area contributed by atoms with Crippen LogP contribution in [0, 0.1) is 6.92 Å². The quantitative estimate of drug-likeness (QED) is 0.824. The number of piperidine rings is 1. The first kappa shape index (κ1) is 16.0. The van der Waals surface area contributed by atoms with Crippen molar-refractivity contribution in [3.8, 4) is 0 Å². The number of hydrogen-bond acceptors (Lipinski definition) is 3. The lowest BCUT2D eigenvalue weighted by Crippen LogP contribution is -2.38. The molecule has 3 nitrogen and oxygen atoms in total. The van der Waals surface area contributed by atoms with E-state index < -0.39 is 10.0 Å². The molecule has 0 unspecified atom stereocenters. The first-order valence-electron chi connectivity index (χ1n) is 7.29.